The minimum Gasteiger partial charge on any atom is -0.505 e. The van der Waals surface area contributed by atoms with Crippen LogP contribution in [0.3, 0.4) is 0 Å². The molecule has 0 atom stereocenters. The van der Waals surface area contributed by atoms with Crippen LogP contribution >= 0.6 is 23.2 Å². The molecule has 1 aromatic heterocycles. The average Bonchev–Trinajstić information content (AvgIpc) is 2.35. The molecule has 1 heterocycles. The Hall–Kier alpha value is -1.57. The molecule has 0 bridgehead atoms. The molecule has 5 nitrogen and oxygen atoms in total. The first-order chi connectivity index (χ1) is 9.31. The van der Waals surface area contributed by atoms with Crippen molar-refractivity contribution in [3.8, 4) is 5.75 Å². The van der Waals surface area contributed by atoms with Crippen LogP contribution < -0.4 is 4.72 Å². The van der Waals surface area contributed by atoms with Gasteiger partial charge in [-0.25, -0.2) is 9.37 Å². The third-order valence-corrected chi connectivity index (χ3v) is 4.14. The van der Waals surface area contributed by atoms with E-state index in [-0.39, 0.29) is 21.5 Å². The van der Waals surface area contributed by atoms with E-state index in [0.717, 1.165) is 24.4 Å². The van der Waals surface area contributed by atoms with Gasteiger partial charge in [-0.3, -0.25) is 4.72 Å². The number of pyridine rings is 1. The van der Waals surface area contributed by atoms with E-state index in [1.807, 2.05) is 0 Å². The number of aromatic hydroxyl groups is 1. The van der Waals surface area contributed by atoms with Crippen LogP contribution in [0.5, 0.6) is 5.75 Å². The zero-order valence-electron chi connectivity index (χ0n) is 9.64. The Kier molecular flexibility index (Phi) is 4.03. The minimum absolute atomic E-state index is 0.0251. The minimum atomic E-state index is -4.23. The molecule has 0 saturated heterocycles. The summed E-state index contributed by atoms with van der Waals surface area (Å²) in [5.74, 6) is -1.36. The summed E-state index contributed by atoms with van der Waals surface area (Å²) in [7, 11) is -4.23. The number of phenolic OH excluding ortho intramolecular Hbond substituents is 1. The van der Waals surface area contributed by atoms with Crippen molar-refractivity contribution in [2.45, 2.75) is 5.03 Å². The highest BCUT2D eigenvalue weighted by molar-refractivity contribution is 7.92. The molecule has 106 valence electrons. The lowest BCUT2D eigenvalue weighted by Crippen LogP contribution is -2.16. The van der Waals surface area contributed by atoms with Crippen LogP contribution in [-0.2, 0) is 10.0 Å². The van der Waals surface area contributed by atoms with Crippen molar-refractivity contribution in [3.63, 3.8) is 0 Å². The van der Waals surface area contributed by atoms with Gasteiger partial charge in [0.25, 0.3) is 10.0 Å². The summed E-state index contributed by atoms with van der Waals surface area (Å²) in [4.78, 5) is 3.47. The molecule has 0 radical (unpaired) electrons. The predicted octanol–water partition coefficient (Wildman–Crippen LogP) is 3.03. The Morgan fingerprint density at radius 1 is 1.25 bits per heavy atom. The van der Waals surface area contributed by atoms with Crippen molar-refractivity contribution in [1.82, 2.24) is 4.98 Å². The number of aromatic nitrogens is 1. The van der Waals surface area contributed by atoms with E-state index in [2.05, 4.69) is 9.71 Å². The lowest BCUT2D eigenvalue weighted by molar-refractivity contribution is 0.476. The molecule has 0 amide bonds. The van der Waals surface area contributed by atoms with Crippen LogP contribution in [0.15, 0.2) is 35.5 Å². The van der Waals surface area contributed by atoms with Gasteiger partial charge in [0.05, 0.1) is 15.7 Å². The standard InChI is InChI=1S/C11H7Cl2FN2O3S/c12-7-4-6(5-8(13)10(7)17)16-20(18,19)11-9(14)2-1-3-15-11/h1-5,16-17H. The summed E-state index contributed by atoms with van der Waals surface area (Å²) in [5.41, 5.74) is -0.0251. The van der Waals surface area contributed by atoms with E-state index in [0.29, 0.717) is 0 Å². The highest BCUT2D eigenvalue weighted by Gasteiger charge is 2.21. The Bertz CT molecular complexity index is 745. The van der Waals surface area contributed by atoms with Crippen LogP contribution in [-0.4, -0.2) is 18.5 Å². The van der Waals surface area contributed by atoms with E-state index >= 15 is 0 Å². The van der Waals surface area contributed by atoms with Crippen molar-refractivity contribution < 1.29 is 17.9 Å². The number of nitrogens with one attached hydrogen (secondary N) is 1. The fourth-order valence-electron chi connectivity index (χ4n) is 1.40. The highest BCUT2D eigenvalue weighted by atomic mass is 35.5. The first-order valence-corrected chi connectivity index (χ1v) is 7.36. The lowest BCUT2D eigenvalue weighted by Gasteiger charge is -2.09. The van der Waals surface area contributed by atoms with Gasteiger partial charge in [0.2, 0.25) is 5.03 Å². The molecular weight excluding hydrogens is 330 g/mol. The van der Waals surface area contributed by atoms with Crippen LogP contribution in [0.25, 0.3) is 0 Å². The average molecular weight is 337 g/mol. The molecule has 0 aliphatic heterocycles. The molecule has 1 aromatic carbocycles. The normalized spacial score (nSPS) is 11.3. The monoisotopic (exact) mass is 336 g/mol. The van der Waals surface area contributed by atoms with E-state index in [1.165, 1.54) is 6.07 Å². The maximum atomic E-state index is 13.4. The van der Waals surface area contributed by atoms with Crippen molar-refractivity contribution >= 4 is 38.9 Å². The SMILES string of the molecule is O=S(=O)(Nc1cc(Cl)c(O)c(Cl)c1)c1ncccc1F. The first-order valence-electron chi connectivity index (χ1n) is 5.12. The summed E-state index contributed by atoms with van der Waals surface area (Å²) in [6.07, 6.45) is 1.15. The number of sulfonamides is 1. The predicted molar refractivity (Wildman–Crippen MR) is 73.1 cm³/mol. The second-order valence-electron chi connectivity index (χ2n) is 3.68. The highest BCUT2D eigenvalue weighted by Crippen LogP contribution is 2.35. The fraction of sp³-hybridized carbons (Fsp3) is 0. The van der Waals surface area contributed by atoms with Gasteiger partial charge in [-0.2, -0.15) is 8.42 Å². The second kappa shape index (κ2) is 5.43. The summed E-state index contributed by atoms with van der Waals surface area (Å²) < 4.78 is 39.4. The number of anilines is 1. The van der Waals surface area contributed by atoms with Crippen LogP contribution in [0.2, 0.25) is 10.0 Å². The molecule has 0 spiro atoms. The molecule has 2 rings (SSSR count). The van der Waals surface area contributed by atoms with E-state index in [4.69, 9.17) is 23.2 Å². The molecule has 0 aliphatic carbocycles. The second-order valence-corrected chi connectivity index (χ2v) is 6.10. The van der Waals surface area contributed by atoms with Gasteiger partial charge >= 0.3 is 0 Å². The van der Waals surface area contributed by atoms with Crippen molar-refractivity contribution in [1.29, 1.82) is 0 Å². The van der Waals surface area contributed by atoms with Crippen molar-refractivity contribution in [2.75, 3.05) is 4.72 Å². The summed E-state index contributed by atoms with van der Waals surface area (Å²) in [5, 5.41) is 8.34. The maximum absolute atomic E-state index is 13.4. The lowest BCUT2D eigenvalue weighted by atomic mass is 10.3. The van der Waals surface area contributed by atoms with Gasteiger partial charge in [0.1, 0.15) is 0 Å². The number of halogens is 3. The number of nitrogens with zero attached hydrogens (tertiary/aromatic N) is 1. The summed E-state index contributed by atoms with van der Waals surface area (Å²) in [6.45, 7) is 0. The summed E-state index contributed by atoms with van der Waals surface area (Å²) >= 11 is 11.3. The molecule has 0 saturated carbocycles. The van der Waals surface area contributed by atoms with Crippen LogP contribution in [0.1, 0.15) is 0 Å². The molecule has 0 aliphatic rings. The zero-order chi connectivity index (χ0) is 14.9. The molecule has 9 heteroatoms. The molecule has 0 unspecified atom stereocenters. The van der Waals surface area contributed by atoms with Gasteiger partial charge in [0, 0.05) is 6.20 Å². The third-order valence-electron chi connectivity index (χ3n) is 2.25. The largest absolute Gasteiger partial charge is 0.505 e. The van der Waals surface area contributed by atoms with Gasteiger partial charge in [-0.1, -0.05) is 23.2 Å². The smallest absolute Gasteiger partial charge is 0.282 e. The first kappa shape index (κ1) is 14.8. The van der Waals surface area contributed by atoms with Crippen molar-refractivity contribution in [2.24, 2.45) is 0 Å². The van der Waals surface area contributed by atoms with E-state index in [9.17, 15) is 17.9 Å². The van der Waals surface area contributed by atoms with Gasteiger partial charge < -0.3 is 5.11 Å². The topological polar surface area (TPSA) is 79.3 Å². The fourth-order valence-corrected chi connectivity index (χ4v) is 2.93. The number of hydrogen-bond acceptors (Lipinski definition) is 4. The van der Waals surface area contributed by atoms with E-state index < -0.39 is 20.9 Å². The van der Waals surface area contributed by atoms with E-state index in [1.54, 1.807) is 0 Å². The van der Waals surface area contributed by atoms with Gasteiger partial charge in [0.15, 0.2) is 11.6 Å². The zero-order valence-corrected chi connectivity index (χ0v) is 12.0. The van der Waals surface area contributed by atoms with Crippen LogP contribution in [0, 0.1) is 5.82 Å². The Labute approximate surface area is 124 Å². The molecular formula is C11H7Cl2FN2O3S. The quantitative estimate of drug-likeness (QED) is 0.844. The van der Waals surface area contributed by atoms with Gasteiger partial charge in [-0.05, 0) is 24.3 Å². The molecule has 2 aromatic rings. The van der Waals surface area contributed by atoms with Crippen molar-refractivity contribution in [3.05, 3.63) is 46.3 Å². The Balaban J connectivity index is 2.42. The van der Waals surface area contributed by atoms with Gasteiger partial charge in [-0.15, -0.1) is 0 Å². The number of benzene rings is 1. The number of rotatable bonds is 3. The molecule has 20 heavy (non-hydrogen) atoms. The Morgan fingerprint density at radius 2 is 1.85 bits per heavy atom. The number of hydrogen-bond donors (Lipinski definition) is 2. The van der Waals surface area contributed by atoms with Crippen LogP contribution in [0.4, 0.5) is 10.1 Å². The number of phenols is 1. The summed E-state index contributed by atoms with van der Waals surface area (Å²) in [6, 6.07) is 4.52. The molecule has 2 N–H and O–H groups in total. The molecule has 0 fully saturated rings. The third kappa shape index (κ3) is 2.95. The maximum Gasteiger partial charge on any atom is 0.282 e. The Morgan fingerprint density at radius 3 is 2.40 bits per heavy atom.